The fourth-order valence-corrected chi connectivity index (χ4v) is 1.30. The van der Waals surface area contributed by atoms with E-state index in [4.69, 9.17) is 10.0 Å². The van der Waals surface area contributed by atoms with Crippen molar-refractivity contribution >= 4 is 12.6 Å². The predicted molar refractivity (Wildman–Crippen MR) is 53.6 cm³/mol. The molecule has 0 saturated heterocycles. The third-order valence-corrected chi connectivity index (χ3v) is 1.87. The molecule has 0 aliphatic carbocycles. The van der Waals surface area contributed by atoms with E-state index in [0.29, 0.717) is 17.6 Å². The number of benzene rings is 1. The molecule has 0 bridgehead atoms. The third kappa shape index (κ3) is 2.80. The van der Waals surface area contributed by atoms with Gasteiger partial charge in [-0.25, -0.2) is 4.39 Å². The van der Waals surface area contributed by atoms with Gasteiger partial charge in [0.05, 0.1) is 0 Å². The van der Waals surface area contributed by atoms with Crippen molar-refractivity contribution in [2.24, 2.45) is 0 Å². The summed E-state index contributed by atoms with van der Waals surface area (Å²) < 4.78 is 12.9. The van der Waals surface area contributed by atoms with Crippen molar-refractivity contribution in [1.29, 1.82) is 0 Å². The molecule has 3 nitrogen and oxygen atoms in total. The van der Waals surface area contributed by atoms with Gasteiger partial charge in [0.2, 0.25) is 0 Å². The van der Waals surface area contributed by atoms with E-state index >= 15 is 0 Å². The highest BCUT2D eigenvalue weighted by atomic mass is 19.1. The molecule has 0 heterocycles. The molecule has 0 saturated carbocycles. The van der Waals surface area contributed by atoms with Gasteiger partial charge >= 0.3 is 7.12 Å². The van der Waals surface area contributed by atoms with Crippen molar-refractivity contribution in [3.8, 4) is 0 Å². The van der Waals surface area contributed by atoms with Crippen LogP contribution in [0.3, 0.4) is 0 Å². The molecule has 0 aromatic heterocycles. The van der Waals surface area contributed by atoms with Gasteiger partial charge in [0.15, 0.2) is 0 Å². The molecule has 0 aliphatic heterocycles. The molecule has 5 heteroatoms. The fraction of sp³-hybridized carbons (Fsp3) is 0.333. The second-order valence-corrected chi connectivity index (χ2v) is 3.45. The van der Waals surface area contributed by atoms with Crippen LogP contribution in [-0.4, -0.2) is 36.2 Å². The summed E-state index contributed by atoms with van der Waals surface area (Å²) in [5.41, 5.74) is 0.935. The molecule has 0 radical (unpaired) electrons. The zero-order valence-corrected chi connectivity index (χ0v) is 8.24. The van der Waals surface area contributed by atoms with E-state index in [9.17, 15) is 4.39 Å². The maximum atomic E-state index is 12.9. The number of halogens is 1. The zero-order valence-electron chi connectivity index (χ0n) is 8.24. The molecule has 0 amide bonds. The van der Waals surface area contributed by atoms with Gasteiger partial charge in [-0.1, -0.05) is 6.07 Å². The first-order chi connectivity index (χ1) is 6.50. The van der Waals surface area contributed by atoms with Crippen LogP contribution in [0.15, 0.2) is 18.2 Å². The number of hydrogen-bond acceptors (Lipinski definition) is 3. The molecule has 0 aliphatic rings. The first-order valence-electron chi connectivity index (χ1n) is 4.30. The maximum absolute atomic E-state index is 12.9. The Morgan fingerprint density at radius 3 is 2.50 bits per heavy atom. The summed E-state index contributed by atoms with van der Waals surface area (Å²) in [6.45, 7) is 0.477. The van der Waals surface area contributed by atoms with Crippen molar-refractivity contribution in [1.82, 2.24) is 4.90 Å². The van der Waals surface area contributed by atoms with Crippen molar-refractivity contribution in [3.63, 3.8) is 0 Å². The van der Waals surface area contributed by atoms with Gasteiger partial charge in [-0.15, -0.1) is 0 Å². The quantitative estimate of drug-likeness (QED) is 0.646. The SMILES string of the molecule is CN(C)Cc1cc(F)ccc1B(O)O. The van der Waals surface area contributed by atoms with Gasteiger partial charge < -0.3 is 14.9 Å². The topological polar surface area (TPSA) is 43.7 Å². The molecule has 76 valence electrons. The second-order valence-electron chi connectivity index (χ2n) is 3.45. The highest BCUT2D eigenvalue weighted by Gasteiger charge is 2.16. The standard InChI is InChI=1S/C9H13BFNO2/c1-12(2)6-7-5-8(11)3-4-9(7)10(13)14/h3-5,13-14H,6H2,1-2H3. The minimum Gasteiger partial charge on any atom is -0.423 e. The van der Waals surface area contributed by atoms with Crippen molar-refractivity contribution in [3.05, 3.63) is 29.6 Å². The molecule has 1 rings (SSSR count). The highest BCUT2D eigenvalue weighted by Crippen LogP contribution is 2.04. The summed E-state index contributed by atoms with van der Waals surface area (Å²) >= 11 is 0. The first-order valence-corrected chi connectivity index (χ1v) is 4.30. The average molecular weight is 197 g/mol. The van der Waals surface area contributed by atoms with E-state index < -0.39 is 7.12 Å². The van der Waals surface area contributed by atoms with Gasteiger partial charge in [-0.2, -0.15) is 0 Å². The molecular weight excluding hydrogens is 184 g/mol. The van der Waals surface area contributed by atoms with Crippen LogP contribution >= 0.6 is 0 Å². The van der Waals surface area contributed by atoms with Crippen LogP contribution in [0.25, 0.3) is 0 Å². The lowest BCUT2D eigenvalue weighted by atomic mass is 9.77. The van der Waals surface area contributed by atoms with Crippen molar-refractivity contribution < 1.29 is 14.4 Å². The molecule has 1 aromatic carbocycles. The van der Waals surface area contributed by atoms with E-state index in [0.717, 1.165) is 0 Å². The van der Waals surface area contributed by atoms with Crippen LogP contribution in [0.4, 0.5) is 4.39 Å². The molecule has 1 aromatic rings. The lowest BCUT2D eigenvalue weighted by molar-refractivity contribution is 0.398. The minimum absolute atomic E-state index is 0.347. The molecule has 2 N–H and O–H groups in total. The van der Waals surface area contributed by atoms with E-state index in [1.807, 2.05) is 19.0 Å². The van der Waals surface area contributed by atoms with Gasteiger partial charge in [-0.05, 0) is 37.3 Å². The monoisotopic (exact) mass is 197 g/mol. The Morgan fingerprint density at radius 1 is 1.36 bits per heavy atom. The van der Waals surface area contributed by atoms with Crippen LogP contribution < -0.4 is 5.46 Å². The first kappa shape index (κ1) is 11.2. The predicted octanol–water partition coefficient (Wildman–Crippen LogP) is -0.433. The maximum Gasteiger partial charge on any atom is 0.488 e. The van der Waals surface area contributed by atoms with E-state index in [2.05, 4.69) is 0 Å². The largest absolute Gasteiger partial charge is 0.488 e. The Hall–Kier alpha value is -0.905. The lowest BCUT2D eigenvalue weighted by Crippen LogP contribution is -2.34. The summed E-state index contributed by atoms with van der Waals surface area (Å²) in [5, 5.41) is 18.0. The van der Waals surface area contributed by atoms with Crippen LogP contribution in [0, 0.1) is 5.82 Å². The normalized spacial score (nSPS) is 10.7. The summed E-state index contributed by atoms with van der Waals surface area (Å²) in [5.74, 6) is -0.369. The molecule has 0 atom stereocenters. The Morgan fingerprint density at radius 2 is 2.00 bits per heavy atom. The zero-order chi connectivity index (χ0) is 10.7. The smallest absolute Gasteiger partial charge is 0.423 e. The van der Waals surface area contributed by atoms with E-state index in [1.54, 1.807) is 0 Å². The summed E-state index contributed by atoms with van der Waals surface area (Å²) in [7, 11) is 2.11. The third-order valence-electron chi connectivity index (χ3n) is 1.87. The van der Waals surface area contributed by atoms with E-state index in [-0.39, 0.29) is 5.82 Å². The van der Waals surface area contributed by atoms with Crippen molar-refractivity contribution in [2.75, 3.05) is 14.1 Å². The van der Waals surface area contributed by atoms with E-state index in [1.165, 1.54) is 18.2 Å². The highest BCUT2D eigenvalue weighted by molar-refractivity contribution is 6.59. The Labute approximate surface area is 82.9 Å². The second kappa shape index (κ2) is 4.55. The Bertz CT molecular complexity index is 318. The lowest BCUT2D eigenvalue weighted by Gasteiger charge is -2.13. The summed E-state index contributed by atoms with van der Waals surface area (Å²) in [6.07, 6.45) is 0. The summed E-state index contributed by atoms with van der Waals surface area (Å²) in [6, 6.07) is 3.92. The van der Waals surface area contributed by atoms with Crippen LogP contribution in [-0.2, 0) is 6.54 Å². The van der Waals surface area contributed by atoms with Crippen LogP contribution in [0.2, 0.25) is 0 Å². The molecular formula is C9H13BFNO2. The minimum atomic E-state index is -1.55. The number of rotatable bonds is 3. The Kier molecular flexibility index (Phi) is 3.63. The number of nitrogens with zero attached hydrogens (tertiary/aromatic N) is 1. The molecule has 0 fully saturated rings. The Balaban J connectivity index is 3.03. The van der Waals surface area contributed by atoms with Crippen LogP contribution in [0.5, 0.6) is 0 Å². The summed E-state index contributed by atoms with van der Waals surface area (Å²) in [4.78, 5) is 1.83. The molecule has 14 heavy (non-hydrogen) atoms. The van der Waals surface area contributed by atoms with Gasteiger partial charge in [0.25, 0.3) is 0 Å². The van der Waals surface area contributed by atoms with Gasteiger partial charge in [-0.3, -0.25) is 0 Å². The average Bonchev–Trinajstić information content (AvgIpc) is 2.01. The number of hydrogen-bond donors (Lipinski definition) is 2. The van der Waals surface area contributed by atoms with Gasteiger partial charge in [0.1, 0.15) is 5.82 Å². The molecule has 0 spiro atoms. The van der Waals surface area contributed by atoms with Crippen molar-refractivity contribution in [2.45, 2.75) is 6.54 Å². The molecule has 0 unspecified atom stereocenters. The fourth-order valence-electron chi connectivity index (χ4n) is 1.30. The van der Waals surface area contributed by atoms with Crippen LogP contribution in [0.1, 0.15) is 5.56 Å². The van der Waals surface area contributed by atoms with Gasteiger partial charge in [0, 0.05) is 6.54 Å².